The lowest BCUT2D eigenvalue weighted by Crippen LogP contribution is -2.20. The van der Waals surface area contributed by atoms with Gasteiger partial charge in [-0.25, -0.2) is 0 Å². The lowest BCUT2D eigenvalue weighted by Gasteiger charge is -2.00. The number of hydrogen-bond donors (Lipinski definition) is 2. The molecule has 0 unspecified atom stereocenters. The lowest BCUT2D eigenvalue weighted by atomic mass is 10.1. The van der Waals surface area contributed by atoms with Crippen molar-refractivity contribution < 1.29 is 14.3 Å². The Bertz CT molecular complexity index is 339. The van der Waals surface area contributed by atoms with Gasteiger partial charge in [0, 0.05) is 0 Å². The number of amides is 2. The topological polar surface area (TPSA) is 98.7 Å². The van der Waals surface area contributed by atoms with Crippen molar-refractivity contribution >= 4 is 11.8 Å². The quantitative estimate of drug-likeness (QED) is 0.664. The molecule has 0 aromatic heterocycles. The number of primary amides is 2. The molecule has 1 aliphatic heterocycles. The summed E-state index contributed by atoms with van der Waals surface area (Å²) in [6, 6.07) is 6.16. The summed E-state index contributed by atoms with van der Waals surface area (Å²) in [5.41, 5.74) is 10.3. The van der Waals surface area contributed by atoms with Gasteiger partial charge in [-0.3, -0.25) is 9.59 Å². The predicted molar refractivity (Wildman–Crippen MR) is 54.3 cm³/mol. The minimum atomic E-state index is -0.649. The second-order valence-corrected chi connectivity index (χ2v) is 2.89. The SMILES string of the molecule is C1CO1.NC(=O)c1ccccc1C(N)=O. The van der Waals surface area contributed by atoms with Gasteiger partial charge >= 0.3 is 0 Å². The van der Waals surface area contributed by atoms with Gasteiger partial charge in [0.25, 0.3) is 0 Å². The van der Waals surface area contributed by atoms with E-state index < -0.39 is 11.8 Å². The summed E-state index contributed by atoms with van der Waals surface area (Å²) in [7, 11) is 0. The molecule has 0 radical (unpaired) electrons. The number of carbonyl (C=O) groups is 2. The van der Waals surface area contributed by atoms with Gasteiger partial charge < -0.3 is 16.2 Å². The fourth-order valence-corrected chi connectivity index (χ4v) is 0.913. The molecular formula is C10H12N2O3. The smallest absolute Gasteiger partial charge is 0.249 e. The maximum Gasteiger partial charge on any atom is 0.249 e. The van der Waals surface area contributed by atoms with Gasteiger partial charge in [-0.1, -0.05) is 12.1 Å². The minimum absolute atomic E-state index is 0.157. The zero-order valence-electron chi connectivity index (χ0n) is 8.10. The van der Waals surface area contributed by atoms with E-state index in [1.54, 1.807) is 12.1 Å². The normalized spacial score (nSPS) is 12.3. The Hall–Kier alpha value is -1.88. The number of ether oxygens (including phenoxy) is 1. The van der Waals surface area contributed by atoms with Crippen molar-refractivity contribution in [2.45, 2.75) is 0 Å². The van der Waals surface area contributed by atoms with Crippen molar-refractivity contribution in [3.63, 3.8) is 0 Å². The van der Waals surface area contributed by atoms with E-state index in [9.17, 15) is 9.59 Å². The Labute approximate surface area is 87.0 Å². The zero-order valence-corrected chi connectivity index (χ0v) is 8.10. The van der Waals surface area contributed by atoms with Crippen molar-refractivity contribution in [3.8, 4) is 0 Å². The van der Waals surface area contributed by atoms with Gasteiger partial charge in [0.1, 0.15) is 0 Å². The highest BCUT2D eigenvalue weighted by atomic mass is 16.6. The zero-order chi connectivity index (χ0) is 11.3. The molecule has 80 valence electrons. The molecule has 0 bridgehead atoms. The van der Waals surface area contributed by atoms with E-state index in [0.717, 1.165) is 13.2 Å². The Morgan fingerprint density at radius 1 is 1.00 bits per heavy atom. The molecule has 1 fully saturated rings. The van der Waals surface area contributed by atoms with Gasteiger partial charge in [-0.2, -0.15) is 0 Å². The van der Waals surface area contributed by atoms with E-state index in [1.807, 2.05) is 0 Å². The summed E-state index contributed by atoms with van der Waals surface area (Å²) >= 11 is 0. The Morgan fingerprint density at radius 2 is 1.33 bits per heavy atom. The van der Waals surface area contributed by atoms with E-state index in [4.69, 9.17) is 11.5 Å². The number of rotatable bonds is 2. The third-order valence-corrected chi connectivity index (χ3v) is 1.66. The molecule has 0 atom stereocenters. The van der Waals surface area contributed by atoms with Crippen LogP contribution >= 0.6 is 0 Å². The van der Waals surface area contributed by atoms with Crippen LogP contribution in [0.3, 0.4) is 0 Å². The first-order chi connectivity index (χ1) is 7.13. The van der Waals surface area contributed by atoms with Crippen LogP contribution in [0, 0.1) is 0 Å². The molecule has 1 aliphatic rings. The van der Waals surface area contributed by atoms with Crippen molar-refractivity contribution in [2.24, 2.45) is 11.5 Å². The van der Waals surface area contributed by atoms with Crippen LogP contribution < -0.4 is 11.5 Å². The fourth-order valence-electron chi connectivity index (χ4n) is 0.913. The Morgan fingerprint density at radius 3 is 1.53 bits per heavy atom. The van der Waals surface area contributed by atoms with E-state index in [2.05, 4.69) is 4.74 Å². The summed E-state index contributed by atoms with van der Waals surface area (Å²) < 4.78 is 4.50. The number of benzene rings is 1. The van der Waals surface area contributed by atoms with Crippen LogP contribution in [-0.4, -0.2) is 25.0 Å². The summed E-state index contributed by atoms with van der Waals surface area (Å²) in [5.74, 6) is -1.30. The summed E-state index contributed by atoms with van der Waals surface area (Å²) in [6.45, 7) is 2.00. The Balaban J connectivity index is 0.000000319. The van der Waals surface area contributed by atoms with E-state index in [-0.39, 0.29) is 11.1 Å². The molecule has 5 heteroatoms. The highest BCUT2D eigenvalue weighted by Crippen LogP contribution is 2.06. The van der Waals surface area contributed by atoms with Crippen molar-refractivity contribution in [2.75, 3.05) is 13.2 Å². The molecular weight excluding hydrogens is 196 g/mol. The number of carbonyl (C=O) groups excluding carboxylic acids is 2. The molecule has 1 heterocycles. The molecule has 1 aromatic rings. The van der Waals surface area contributed by atoms with Crippen molar-refractivity contribution in [1.82, 2.24) is 0 Å². The molecule has 15 heavy (non-hydrogen) atoms. The third-order valence-electron chi connectivity index (χ3n) is 1.66. The van der Waals surface area contributed by atoms with Crippen LogP contribution in [0.2, 0.25) is 0 Å². The minimum Gasteiger partial charge on any atom is -0.377 e. The number of hydrogen-bond acceptors (Lipinski definition) is 3. The highest BCUT2D eigenvalue weighted by molar-refractivity contribution is 6.06. The van der Waals surface area contributed by atoms with Crippen molar-refractivity contribution in [1.29, 1.82) is 0 Å². The third kappa shape index (κ3) is 3.78. The van der Waals surface area contributed by atoms with Gasteiger partial charge in [-0.05, 0) is 12.1 Å². The lowest BCUT2D eigenvalue weighted by molar-refractivity contribution is 0.0967. The molecule has 0 aliphatic carbocycles. The molecule has 1 saturated heterocycles. The van der Waals surface area contributed by atoms with Gasteiger partial charge in [0.15, 0.2) is 0 Å². The van der Waals surface area contributed by atoms with E-state index in [1.165, 1.54) is 12.1 Å². The molecule has 0 spiro atoms. The summed E-state index contributed by atoms with van der Waals surface area (Å²) in [6.07, 6.45) is 0. The average Bonchev–Trinajstić information content (AvgIpc) is 3.04. The first kappa shape index (κ1) is 11.2. The average molecular weight is 208 g/mol. The number of nitrogens with two attached hydrogens (primary N) is 2. The maximum absolute atomic E-state index is 10.7. The standard InChI is InChI=1S/C8H8N2O2.C2H4O/c9-7(11)5-3-1-2-4-6(5)8(10)12;1-2-3-1/h1-4H,(H2,9,11)(H2,10,12);1-2H2. The first-order valence-electron chi connectivity index (χ1n) is 4.39. The van der Waals surface area contributed by atoms with Crippen LogP contribution in [0.1, 0.15) is 20.7 Å². The fraction of sp³-hybridized carbons (Fsp3) is 0.200. The van der Waals surface area contributed by atoms with E-state index >= 15 is 0 Å². The predicted octanol–water partition coefficient (Wildman–Crippen LogP) is -0.0990. The van der Waals surface area contributed by atoms with Crippen molar-refractivity contribution in [3.05, 3.63) is 35.4 Å². The molecule has 2 amide bonds. The maximum atomic E-state index is 10.7. The number of epoxide rings is 1. The second kappa shape index (κ2) is 5.11. The van der Waals surface area contributed by atoms with Crippen LogP contribution in [0.15, 0.2) is 24.3 Å². The van der Waals surface area contributed by atoms with Crippen LogP contribution in [0.5, 0.6) is 0 Å². The molecule has 5 nitrogen and oxygen atoms in total. The van der Waals surface area contributed by atoms with E-state index in [0.29, 0.717) is 0 Å². The molecule has 4 N–H and O–H groups in total. The van der Waals surface area contributed by atoms with Gasteiger partial charge in [0.2, 0.25) is 11.8 Å². The molecule has 1 aromatic carbocycles. The summed E-state index contributed by atoms with van der Waals surface area (Å²) in [5, 5.41) is 0. The monoisotopic (exact) mass is 208 g/mol. The molecule has 0 saturated carbocycles. The van der Waals surface area contributed by atoms with Crippen LogP contribution in [0.4, 0.5) is 0 Å². The largest absolute Gasteiger partial charge is 0.377 e. The van der Waals surface area contributed by atoms with Crippen LogP contribution in [-0.2, 0) is 4.74 Å². The van der Waals surface area contributed by atoms with Gasteiger partial charge in [-0.15, -0.1) is 0 Å². The first-order valence-corrected chi connectivity index (χ1v) is 4.39. The summed E-state index contributed by atoms with van der Waals surface area (Å²) in [4.78, 5) is 21.5. The Kier molecular flexibility index (Phi) is 3.82. The molecule has 2 rings (SSSR count). The van der Waals surface area contributed by atoms with Gasteiger partial charge in [0.05, 0.1) is 24.3 Å². The van der Waals surface area contributed by atoms with Crippen LogP contribution in [0.25, 0.3) is 0 Å². The second-order valence-electron chi connectivity index (χ2n) is 2.89. The highest BCUT2D eigenvalue weighted by Gasteiger charge is 2.10.